The lowest BCUT2D eigenvalue weighted by Gasteiger charge is -2.08. The number of nitrogens with two attached hydrogens (primary N) is 1. The van der Waals surface area contributed by atoms with Crippen molar-refractivity contribution in [2.24, 2.45) is 10.7 Å². The van der Waals surface area contributed by atoms with Crippen molar-refractivity contribution in [1.29, 1.82) is 0 Å². The zero-order valence-electron chi connectivity index (χ0n) is 11.4. The van der Waals surface area contributed by atoms with Crippen LogP contribution in [0.1, 0.15) is 11.1 Å². The molecule has 1 aromatic rings. The van der Waals surface area contributed by atoms with E-state index in [0.717, 1.165) is 17.5 Å². The number of nitrogens with zero attached hydrogens (tertiary/aromatic N) is 1. The number of guanidine groups is 1. The van der Waals surface area contributed by atoms with Crippen molar-refractivity contribution in [3.63, 3.8) is 0 Å². The van der Waals surface area contributed by atoms with Crippen molar-refractivity contribution in [2.75, 3.05) is 24.7 Å². The topological polar surface area (TPSA) is 96.6 Å². The van der Waals surface area contributed by atoms with Crippen LogP contribution in [-0.4, -0.2) is 33.7 Å². The Morgan fingerprint density at radius 2 is 2.00 bits per heavy atom. The minimum absolute atomic E-state index is 0.230. The lowest BCUT2D eigenvalue weighted by Crippen LogP contribution is -2.27. The molecule has 19 heavy (non-hydrogen) atoms. The molecule has 0 aliphatic carbocycles. The van der Waals surface area contributed by atoms with E-state index in [1.165, 1.54) is 5.56 Å². The van der Waals surface area contributed by atoms with E-state index in [2.05, 4.69) is 15.0 Å². The number of hydrogen-bond acceptors (Lipinski definition) is 3. The summed E-state index contributed by atoms with van der Waals surface area (Å²) in [5.74, 6) is 0.263. The number of benzene rings is 1. The second kappa shape index (κ2) is 6.53. The Hall–Kier alpha value is -1.60. The van der Waals surface area contributed by atoms with Crippen LogP contribution in [0.15, 0.2) is 23.2 Å². The number of rotatable bonds is 5. The Bertz CT molecular complexity index is 567. The quantitative estimate of drug-likeness (QED) is 0.418. The average Bonchev–Trinajstić information content (AvgIpc) is 2.28. The van der Waals surface area contributed by atoms with Gasteiger partial charge in [0, 0.05) is 12.2 Å². The largest absolute Gasteiger partial charge is 0.370 e. The summed E-state index contributed by atoms with van der Waals surface area (Å²) in [4.78, 5) is 4.03. The van der Waals surface area contributed by atoms with Gasteiger partial charge in [-0.15, -0.1) is 0 Å². The van der Waals surface area contributed by atoms with E-state index in [-0.39, 0.29) is 19.0 Å². The van der Waals surface area contributed by atoms with Gasteiger partial charge in [-0.3, -0.25) is 4.99 Å². The maximum Gasteiger partial charge on any atom is 0.208 e. The Morgan fingerprint density at radius 1 is 1.32 bits per heavy atom. The first kappa shape index (κ1) is 15.5. The van der Waals surface area contributed by atoms with Crippen molar-refractivity contribution >= 4 is 21.7 Å². The Labute approximate surface area is 114 Å². The molecule has 0 saturated carbocycles. The zero-order valence-corrected chi connectivity index (χ0v) is 12.2. The number of hydrogen-bond donors (Lipinski definition) is 3. The molecule has 7 heteroatoms. The van der Waals surface area contributed by atoms with E-state index < -0.39 is 10.0 Å². The average molecular weight is 284 g/mol. The summed E-state index contributed by atoms with van der Waals surface area (Å²) in [5.41, 5.74) is 8.94. The molecule has 6 nitrogen and oxygen atoms in total. The van der Waals surface area contributed by atoms with Crippen LogP contribution in [0.2, 0.25) is 0 Å². The Kier molecular flexibility index (Phi) is 5.31. The van der Waals surface area contributed by atoms with E-state index in [1.807, 2.05) is 32.0 Å². The lowest BCUT2D eigenvalue weighted by atomic mass is 10.1. The summed E-state index contributed by atoms with van der Waals surface area (Å²) >= 11 is 0. The fourth-order valence-corrected chi connectivity index (χ4v) is 1.88. The number of aryl methyl sites for hydroxylation is 2. The van der Waals surface area contributed by atoms with Gasteiger partial charge in [0.05, 0.1) is 12.8 Å². The summed E-state index contributed by atoms with van der Waals surface area (Å²) in [6.45, 7) is 4.57. The Balaban J connectivity index is 2.49. The first-order valence-electron chi connectivity index (χ1n) is 5.87. The number of anilines is 1. The van der Waals surface area contributed by atoms with E-state index in [4.69, 9.17) is 5.73 Å². The molecular formula is C12H20N4O2S. The van der Waals surface area contributed by atoms with Crippen molar-refractivity contribution in [2.45, 2.75) is 13.8 Å². The van der Waals surface area contributed by atoms with Crippen LogP contribution in [-0.2, 0) is 10.0 Å². The van der Waals surface area contributed by atoms with Crippen molar-refractivity contribution < 1.29 is 8.42 Å². The normalized spacial score (nSPS) is 12.5. The van der Waals surface area contributed by atoms with E-state index in [1.54, 1.807) is 0 Å². The van der Waals surface area contributed by atoms with Crippen LogP contribution in [0.3, 0.4) is 0 Å². The highest BCUT2D eigenvalue weighted by molar-refractivity contribution is 7.88. The predicted molar refractivity (Wildman–Crippen MR) is 78.9 cm³/mol. The summed E-state index contributed by atoms with van der Waals surface area (Å²) in [5, 5.41) is 2.96. The fraction of sp³-hybridized carbons (Fsp3) is 0.417. The standard InChI is InChI=1S/C12H20N4O2S/c1-9-4-5-11(8-10(9)2)16-12(13)14-6-7-15-19(3,17)18/h4-5,8,15H,6-7H2,1-3H3,(H3,13,14,16). The first-order valence-corrected chi connectivity index (χ1v) is 7.76. The molecule has 0 fully saturated rings. The van der Waals surface area contributed by atoms with Crippen molar-refractivity contribution in [1.82, 2.24) is 4.72 Å². The van der Waals surface area contributed by atoms with Crippen LogP contribution >= 0.6 is 0 Å². The summed E-state index contributed by atoms with van der Waals surface area (Å²) in [6.07, 6.45) is 1.10. The molecule has 0 aliphatic heterocycles. The molecule has 1 rings (SSSR count). The summed E-state index contributed by atoms with van der Waals surface area (Å²) in [7, 11) is -3.17. The van der Waals surface area contributed by atoms with Crippen LogP contribution in [0.4, 0.5) is 5.69 Å². The maximum atomic E-state index is 10.8. The molecule has 0 heterocycles. The van der Waals surface area contributed by atoms with Gasteiger partial charge in [0.25, 0.3) is 0 Å². The highest BCUT2D eigenvalue weighted by Gasteiger charge is 1.99. The number of sulfonamides is 1. The molecule has 1 aromatic carbocycles. The highest BCUT2D eigenvalue weighted by Crippen LogP contribution is 2.13. The van der Waals surface area contributed by atoms with Gasteiger partial charge in [0.15, 0.2) is 5.96 Å². The van der Waals surface area contributed by atoms with Crippen LogP contribution in [0.5, 0.6) is 0 Å². The number of aliphatic imine (C=N–C) groups is 1. The molecule has 0 atom stereocenters. The minimum Gasteiger partial charge on any atom is -0.370 e. The third kappa shape index (κ3) is 6.21. The number of nitrogens with one attached hydrogen (secondary N) is 2. The van der Waals surface area contributed by atoms with Crippen LogP contribution < -0.4 is 15.8 Å². The van der Waals surface area contributed by atoms with E-state index in [9.17, 15) is 8.42 Å². The first-order chi connectivity index (χ1) is 8.78. The van der Waals surface area contributed by atoms with Gasteiger partial charge in [-0.1, -0.05) is 6.07 Å². The minimum atomic E-state index is -3.17. The van der Waals surface area contributed by atoms with Gasteiger partial charge in [0.2, 0.25) is 10.0 Å². The molecule has 0 saturated heterocycles. The molecule has 106 valence electrons. The molecule has 0 aliphatic rings. The van der Waals surface area contributed by atoms with Gasteiger partial charge in [-0.2, -0.15) is 0 Å². The monoisotopic (exact) mass is 284 g/mol. The molecule has 4 N–H and O–H groups in total. The van der Waals surface area contributed by atoms with Gasteiger partial charge >= 0.3 is 0 Å². The smallest absolute Gasteiger partial charge is 0.208 e. The van der Waals surface area contributed by atoms with Gasteiger partial charge in [0.1, 0.15) is 0 Å². The highest BCUT2D eigenvalue weighted by atomic mass is 32.2. The van der Waals surface area contributed by atoms with Crippen molar-refractivity contribution in [3.05, 3.63) is 29.3 Å². The lowest BCUT2D eigenvalue weighted by molar-refractivity contribution is 0.588. The van der Waals surface area contributed by atoms with Gasteiger partial charge in [-0.05, 0) is 37.1 Å². The second-order valence-electron chi connectivity index (χ2n) is 4.36. The van der Waals surface area contributed by atoms with Gasteiger partial charge in [-0.25, -0.2) is 13.1 Å². The summed E-state index contributed by atoms with van der Waals surface area (Å²) < 4.78 is 24.0. The molecule has 0 bridgehead atoms. The van der Waals surface area contributed by atoms with E-state index in [0.29, 0.717) is 0 Å². The molecule has 0 aromatic heterocycles. The predicted octanol–water partition coefficient (Wildman–Crippen LogP) is 0.579. The van der Waals surface area contributed by atoms with Crippen LogP contribution in [0, 0.1) is 13.8 Å². The maximum absolute atomic E-state index is 10.8. The molecular weight excluding hydrogens is 264 g/mol. The zero-order chi connectivity index (χ0) is 14.5. The van der Waals surface area contributed by atoms with Crippen molar-refractivity contribution in [3.8, 4) is 0 Å². The molecule has 0 radical (unpaired) electrons. The third-order valence-electron chi connectivity index (χ3n) is 2.54. The third-order valence-corrected chi connectivity index (χ3v) is 3.27. The molecule has 0 spiro atoms. The second-order valence-corrected chi connectivity index (χ2v) is 6.19. The molecule has 0 amide bonds. The molecule has 0 unspecified atom stereocenters. The fourth-order valence-electron chi connectivity index (χ4n) is 1.41. The van der Waals surface area contributed by atoms with E-state index >= 15 is 0 Å². The van der Waals surface area contributed by atoms with Crippen LogP contribution in [0.25, 0.3) is 0 Å². The SMILES string of the molecule is Cc1ccc(NC(N)=NCCNS(C)(=O)=O)cc1C. The Morgan fingerprint density at radius 3 is 2.58 bits per heavy atom. The van der Waals surface area contributed by atoms with Gasteiger partial charge < -0.3 is 11.1 Å². The summed E-state index contributed by atoms with van der Waals surface area (Å²) in [6, 6.07) is 5.89.